The third-order valence-corrected chi connectivity index (χ3v) is 3.56. The van der Waals surface area contributed by atoms with Crippen LogP contribution in [-0.4, -0.2) is 36.3 Å². The first kappa shape index (κ1) is 15.7. The predicted molar refractivity (Wildman–Crippen MR) is 79.6 cm³/mol. The highest BCUT2D eigenvalue weighted by Gasteiger charge is 2.43. The molecule has 1 aliphatic rings. The van der Waals surface area contributed by atoms with Crippen LogP contribution in [0.2, 0.25) is 0 Å². The molecule has 0 radical (unpaired) electrons. The Bertz CT molecular complexity index is 463. The molecule has 0 heterocycles. The van der Waals surface area contributed by atoms with Crippen molar-refractivity contribution in [2.45, 2.75) is 44.9 Å². The van der Waals surface area contributed by atoms with Crippen LogP contribution in [-0.2, 0) is 4.74 Å². The highest BCUT2D eigenvalue weighted by atomic mass is 16.6. The van der Waals surface area contributed by atoms with Crippen molar-refractivity contribution < 1.29 is 14.4 Å². The molecule has 0 amide bonds. The first-order valence-electron chi connectivity index (χ1n) is 7.41. The molecular weight excluding hydrogens is 272 g/mol. The average molecular weight is 294 g/mol. The summed E-state index contributed by atoms with van der Waals surface area (Å²) >= 11 is 0. The Morgan fingerprint density at radius 1 is 1.33 bits per heavy atom. The smallest absolute Gasteiger partial charge is 0.269 e. The van der Waals surface area contributed by atoms with E-state index in [-0.39, 0.29) is 17.9 Å². The lowest BCUT2D eigenvalue weighted by molar-refractivity contribution is -0.384. The number of non-ortho nitro benzene ring substituents is 1. The highest BCUT2D eigenvalue weighted by molar-refractivity contribution is 5.36. The number of hydrogen-bond donors (Lipinski definition) is 1. The summed E-state index contributed by atoms with van der Waals surface area (Å²) in [5, 5.41) is 14.0. The molecule has 1 N–H and O–H groups in total. The van der Waals surface area contributed by atoms with E-state index in [9.17, 15) is 10.1 Å². The summed E-state index contributed by atoms with van der Waals surface area (Å²) in [7, 11) is 0. The summed E-state index contributed by atoms with van der Waals surface area (Å²) in [5.74, 6) is 0.644. The molecule has 6 heteroatoms. The van der Waals surface area contributed by atoms with Crippen LogP contribution in [0.25, 0.3) is 0 Å². The van der Waals surface area contributed by atoms with E-state index < -0.39 is 4.92 Å². The number of nitro groups is 1. The molecule has 1 aromatic rings. The van der Waals surface area contributed by atoms with Crippen molar-refractivity contribution in [1.82, 2.24) is 5.32 Å². The standard InChI is InChI=1S/C15H22N2O4/c1-3-9-20-15-13(16-4-2)10-14(15)21-12-7-5-11(6-8-12)17(18)19/h5-8,13-16H,3-4,9-10H2,1-2H3. The van der Waals surface area contributed by atoms with Crippen LogP contribution >= 0.6 is 0 Å². The van der Waals surface area contributed by atoms with E-state index in [1.165, 1.54) is 12.1 Å². The molecule has 1 saturated carbocycles. The molecule has 3 atom stereocenters. The Balaban J connectivity index is 1.93. The molecule has 0 spiro atoms. The van der Waals surface area contributed by atoms with Crippen molar-refractivity contribution >= 4 is 5.69 Å². The Hall–Kier alpha value is -1.66. The Morgan fingerprint density at radius 3 is 2.62 bits per heavy atom. The number of benzene rings is 1. The maximum Gasteiger partial charge on any atom is 0.269 e. The van der Waals surface area contributed by atoms with E-state index in [2.05, 4.69) is 19.2 Å². The Morgan fingerprint density at radius 2 is 2.05 bits per heavy atom. The van der Waals surface area contributed by atoms with Gasteiger partial charge in [0.2, 0.25) is 0 Å². The van der Waals surface area contributed by atoms with Gasteiger partial charge in [0.15, 0.2) is 0 Å². The second-order valence-corrected chi connectivity index (χ2v) is 5.14. The van der Waals surface area contributed by atoms with Crippen LogP contribution in [0, 0.1) is 10.1 Å². The van der Waals surface area contributed by atoms with Gasteiger partial charge in [-0.3, -0.25) is 10.1 Å². The molecule has 0 saturated heterocycles. The summed E-state index contributed by atoms with van der Waals surface area (Å²) in [6.07, 6.45) is 1.90. The van der Waals surface area contributed by atoms with Crippen molar-refractivity contribution in [3.63, 3.8) is 0 Å². The predicted octanol–water partition coefficient (Wildman–Crippen LogP) is 2.52. The van der Waals surface area contributed by atoms with Gasteiger partial charge in [-0.05, 0) is 25.1 Å². The third kappa shape index (κ3) is 3.92. The van der Waals surface area contributed by atoms with Gasteiger partial charge in [0, 0.05) is 31.2 Å². The second kappa shape index (κ2) is 7.38. The largest absolute Gasteiger partial charge is 0.488 e. The lowest BCUT2D eigenvalue weighted by Gasteiger charge is -2.44. The summed E-state index contributed by atoms with van der Waals surface area (Å²) in [6, 6.07) is 6.50. The van der Waals surface area contributed by atoms with Crippen molar-refractivity contribution in [2.24, 2.45) is 0 Å². The maximum absolute atomic E-state index is 10.6. The average Bonchev–Trinajstić information content (AvgIpc) is 2.47. The van der Waals surface area contributed by atoms with Gasteiger partial charge >= 0.3 is 0 Å². The molecule has 1 aromatic carbocycles. The van der Waals surface area contributed by atoms with Crippen molar-refractivity contribution in [3.05, 3.63) is 34.4 Å². The van der Waals surface area contributed by atoms with Crippen molar-refractivity contribution in [2.75, 3.05) is 13.2 Å². The first-order chi connectivity index (χ1) is 10.2. The van der Waals surface area contributed by atoms with E-state index in [1.807, 2.05) is 0 Å². The van der Waals surface area contributed by atoms with Gasteiger partial charge in [0.05, 0.1) is 4.92 Å². The van der Waals surface area contributed by atoms with Crippen LogP contribution < -0.4 is 10.1 Å². The van der Waals surface area contributed by atoms with E-state index in [1.54, 1.807) is 12.1 Å². The molecule has 1 aliphatic carbocycles. The van der Waals surface area contributed by atoms with Crippen LogP contribution in [0.3, 0.4) is 0 Å². The number of likely N-dealkylation sites (N-methyl/N-ethyl adjacent to an activating group) is 1. The zero-order chi connectivity index (χ0) is 15.2. The lowest BCUT2D eigenvalue weighted by atomic mass is 9.85. The van der Waals surface area contributed by atoms with Gasteiger partial charge in [-0.15, -0.1) is 0 Å². The minimum Gasteiger partial charge on any atom is -0.488 e. The number of hydrogen-bond acceptors (Lipinski definition) is 5. The quantitative estimate of drug-likeness (QED) is 0.589. The maximum atomic E-state index is 10.6. The molecule has 6 nitrogen and oxygen atoms in total. The molecule has 0 aliphatic heterocycles. The second-order valence-electron chi connectivity index (χ2n) is 5.14. The minimum absolute atomic E-state index is 0.00190. The van der Waals surface area contributed by atoms with Crippen molar-refractivity contribution in [1.29, 1.82) is 0 Å². The van der Waals surface area contributed by atoms with Crippen LogP contribution in [0.5, 0.6) is 5.75 Å². The number of nitrogens with one attached hydrogen (secondary N) is 1. The summed E-state index contributed by atoms with van der Waals surface area (Å²) in [4.78, 5) is 10.2. The zero-order valence-corrected chi connectivity index (χ0v) is 12.5. The number of nitrogens with zero attached hydrogens (tertiary/aromatic N) is 1. The van der Waals surface area contributed by atoms with Gasteiger partial charge in [0.1, 0.15) is 18.0 Å². The highest BCUT2D eigenvalue weighted by Crippen LogP contribution is 2.30. The molecule has 21 heavy (non-hydrogen) atoms. The van der Waals surface area contributed by atoms with Crippen LogP contribution in [0.1, 0.15) is 26.7 Å². The van der Waals surface area contributed by atoms with E-state index >= 15 is 0 Å². The van der Waals surface area contributed by atoms with Gasteiger partial charge in [-0.2, -0.15) is 0 Å². The molecule has 0 aromatic heterocycles. The lowest BCUT2D eigenvalue weighted by Crippen LogP contribution is -2.61. The fourth-order valence-corrected chi connectivity index (χ4v) is 2.46. The van der Waals surface area contributed by atoms with Crippen LogP contribution in [0.4, 0.5) is 5.69 Å². The third-order valence-electron chi connectivity index (χ3n) is 3.56. The summed E-state index contributed by atoms with van der Waals surface area (Å²) in [5.41, 5.74) is 0.0697. The summed E-state index contributed by atoms with van der Waals surface area (Å²) in [6.45, 7) is 5.77. The normalized spacial score (nSPS) is 24.4. The number of nitro benzene ring substituents is 1. The molecule has 1 fully saturated rings. The van der Waals surface area contributed by atoms with Crippen LogP contribution in [0.15, 0.2) is 24.3 Å². The summed E-state index contributed by atoms with van der Waals surface area (Å²) < 4.78 is 11.7. The van der Waals surface area contributed by atoms with Gasteiger partial charge in [-0.1, -0.05) is 13.8 Å². The number of ether oxygens (including phenoxy) is 2. The van der Waals surface area contributed by atoms with Gasteiger partial charge in [-0.25, -0.2) is 0 Å². The molecular formula is C15H22N2O4. The molecule has 2 rings (SSSR count). The zero-order valence-electron chi connectivity index (χ0n) is 12.5. The molecule has 3 unspecified atom stereocenters. The SMILES string of the molecule is CCCOC1C(NCC)CC1Oc1ccc([N+](=O)[O-])cc1. The number of rotatable bonds is 8. The van der Waals surface area contributed by atoms with E-state index in [0.29, 0.717) is 18.4 Å². The fourth-order valence-electron chi connectivity index (χ4n) is 2.46. The molecule has 116 valence electrons. The Kier molecular flexibility index (Phi) is 5.52. The molecule has 0 bridgehead atoms. The monoisotopic (exact) mass is 294 g/mol. The van der Waals surface area contributed by atoms with E-state index in [0.717, 1.165) is 19.4 Å². The van der Waals surface area contributed by atoms with Gasteiger partial charge < -0.3 is 14.8 Å². The topological polar surface area (TPSA) is 73.6 Å². The first-order valence-corrected chi connectivity index (χ1v) is 7.41. The Labute approximate surface area is 124 Å². The van der Waals surface area contributed by atoms with Crippen molar-refractivity contribution in [3.8, 4) is 5.75 Å². The van der Waals surface area contributed by atoms with E-state index in [4.69, 9.17) is 9.47 Å². The fraction of sp³-hybridized carbons (Fsp3) is 0.600. The van der Waals surface area contributed by atoms with Gasteiger partial charge in [0.25, 0.3) is 5.69 Å². The minimum atomic E-state index is -0.415.